The molecule has 0 spiro atoms. The topological polar surface area (TPSA) is 33.2 Å². The lowest BCUT2D eigenvalue weighted by Crippen LogP contribution is -2.34. The quantitative estimate of drug-likeness (QED) is 0.772. The van der Waals surface area contributed by atoms with Gasteiger partial charge >= 0.3 is 0 Å². The molecule has 0 saturated heterocycles. The zero-order valence-corrected chi connectivity index (χ0v) is 14.5. The van der Waals surface area contributed by atoms with E-state index in [0.29, 0.717) is 12.2 Å². The molecule has 1 aliphatic rings. The van der Waals surface area contributed by atoms with E-state index in [1.807, 2.05) is 17.0 Å². The zero-order valence-electron chi connectivity index (χ0n) is 14.5. The van der Waals surface area contributed by atoms with E-state index in [2.05, 4.69) is 43.1 Å². The number of allylic oxidation sites excluding steroid dienone is 2. The van der Waals surface area contributed by atoms with E-state index in [9.17, 15) is 4.79 Å². The molecular weight excluding hydrogens is 296 g/mol. The molecule has 2 aromatic rings. The summed E-state index contributed by atoms with van der Waals surface area (Å²) in [4.78, 5) is 19.3. The lowest BCUT2D eigenvalue weighted by molar-refractivity contribution is 0.0783. The molecule has 3 nitrogen and oxygen atoms in total. The molecule has 0 unspecified atom stereocenters. The largest absolute Gasteiger partial charge is 0.306 e. The molecule has 24 heavy (non-hydrogen) atoms. The molecule has 124 valence electrons. The van der Waals surface area contributed by atoms with E-state index < -0.39 is 0 Å². The monoisotopic (exact) mass is 320 g/mol. The molecule has 0 aliphatic carbocycles. The molecule has 1 aliphatic heterocycles. The molecule has 3 heteroatoms. The van der Waals surface area contributed by atoms with Crippen LogP contribution in [0.3, 0.4) is 0 Å². The zero-order chi connectivity index (χ0) is 16.9. The Hall–Kier alpha value is -2.42. The Balaban J connectivity index is 2.09. The Morgan fingerprint density at radius 2 is 1.79 bits per heavy atom. The molecule has 1 aromatic heterocycles. The molecule has 3 rings (SSSR count). The van der Waals surface area contributed by atoms with Gasteiger partial charge in [0.2, 0.25) is 0 Å². The number of fused-ring (bicyclic) bond motifs is 1. The molecule has 2 heterocycles. The van der Waals surface area contributed by atoms with Crippen LogP contribution in [0.1, 0.15) is 61.1 Å². The van der Waals surface area contributed by atoms with Crippen LogP contribution in [0.5, 0.6) is 0 Å². The highest BCUT2D eigenvalue weighted by molar-refractivity contribution is 5.95. The highest BCUT2D eigenvalue weighted by Crippen LogP contribution is 2.37. The minimum Gasteiger partial charge on any atom is -0.306 e. The van der Waals surface area contributed by atoms with E-state index in [4.69, 9.17) is 0 Å². The molecule has 0 N–H and O–H groups in total. The first-order chi connectivity index (χ1) is 11.8. The van der Waals surface area contributed by atoms with E-state index in [1.54, 1.807) is 12.3 Å². The predicted molar refractivity (Wildman–Crippen MR) is 97.3 cm³/mol. The molecular formula is C21H24N2O. The summed E-state index contributed by atoms with van der Waals surface area (Å²) in [5, 5.41) is 0. The van der Waals surface area contributed by atoms with Crippen molar-refractivity contribution in [1.29, 1.82) is 0 Å². The van der Waals surface area contributed by atoms with E-state index in [0.717, 1.165) is 25.7 Å². The third kappa shape index (κ3) is 3.12. The maximum Gasteiger partial charge on any atom is 0.276 e. The van der Waals surface area contributed by atoms with Gasteiger partial charge in [-0.1, -0.05) is 57.0 Å². The van der Waals surface area contributed by atoms with Gasteiger partial charge < -0.3 is 4.90 Å². The van der Waals surface area contributed by atoms with Crippen molar-refractivity contribution in [3.05, 3.63) is 71.2 Å². The summed E-state index contributed by atoms with van der Waals surface area (Å²) < 4.78 is 0. The molecule has 1 amide bonds. The first-order valence-electron chi connectivity index (χ1n) is 8.79. The normalized spacial score (nSPS) is 13.8. The number of amides is 1. The molecule has 0 bridgehead atoms. The fourth-order valence-corrected chi connectivity index (χ4v) is 3.41. The van der Waals surface area contributed by atoms with Crippen LogP contribution in [0.4, 0.5) is 0 Å². The fourth-order valence-electron chi connectivity index (χ4n) is 3.41. The Morgan fingerprint density at radius 3 is 2.50 bits per heavy atom. The van der Waals surface area contributed by atoms with Crippen LogP contribution in [-0.4, -0.2) is 15.8 Å². The first kappa shape index (κ1) is 16.4. The molecule has 0 fully saturated rings. The van der Waals surface area contributed by atoms with Crippen LogP contribution < -0.4 is 0 Å². The SMILES string of the molecule is CCCC1=C(CCC)N(C(=O)c2ccccn2)Cc2ccccc21. The van der Waals surface area contributed by atoms with Crippen LogP contribution in [0, 0.1) is 0 Å². The Bertz CT molecular complexity index is 749. The van der Waals surface area contributed by atoms with Crippen molar-refractivity contribution in [1.82, 2.24) is 9.88 Å². The molecule has 0 saturated carbocycles. The molecule has 1 aromatic carbocycles. The Kier molecular flexibility index (Phi) is 5.09. The standard InChI is InChI=1S/C21H24N2O/c1-3-9-18-17-12-6-5-11-16(17)15-23(20(18)10-4-2)21(24)19-13-7-8-14-22-19/h5-8,11-14H,3-4,9-10,15H2,1-2H3. The second-order valence-corrected chi connectivity index (χ2v) is 6.19. The summed E-state index contributed by atoms with van der Waals surface area (Å²) in [7, 11) is 0. The van der Waals surface area contributed by atoms with Crippen molar-refractivity contribution in [2.75, 3.05) is 0 Å². The van der Waals surface area contributed by atoms with Gasteiger partial charge in [-0.2, -0.15) is 0 Å². The van der Waals surface area contributed by atoms with Crippen molar-refractivity contribution in [2.45, 2.75) is 46.1 Å². The van der Waals surface area contributed by atoms with Crippen molar-refractivity contribution >= 4 is 11.5 Å². The third-order valence-corrected chi connectivity index (χ3v) is 4.46. The Morgan fingerprint density at radius 1 is 1.04 bits per heavy atom. The number of rotatable bonds is 5. The summed E-state index contributed by atoms with van der Waals surface area (Å²) in [6.45, 7) is 4.99. The summed E-state index contributed by atoms with van der Waals surface area (Å²) in [6.07, 6.45) is 5.70. The number of carbonyl (C=O) groups is 1. The number of carbonyl (C=O) groups excluding carboxylic acids is 1. The summed E-state index contributed by atoms with van der Waals surface area (Å²) >= 11 is 0. The van der Waals surface area contributed by atoms with Gasteiger partial charge in [0.05, 0.1) is 6.54 Å². The van der Waals surface area contributed by atoms with Gasteiger partial charge in [-0.3, -0.25) is 9.78 Å². The summed E-state index contributed by atoms with van der Waals surface area (Å²) in [6, 6.07) is 14.0. The average Bonchev–Trinajstić information content (AvgIpc) is 2.63. The number of hydrogen-bond acceptors (Lipinski definition) is 2. The first-order valence-corrected chi connectivity index (χ1v) is 8.79. The van der Waals surface area contributed by atoms with Crippen LogP contribution in [-0.2, 0) is 6.54 Å². The molecule has 0 radical (unpaired) electrons. The number of hydrogen-bond donors (Lipinski definition) is 0. The van der Waals surface area contributed by atoms with Gasteiger partial charge in [-0.25, -0.2) is 0 Å². The van der Waals surface area contributed by atoms with Gasteiger partial charge in [0.1, 0.15) is 5.69 Å². The minimum atomic E-state index is 0.00200. The second kappa shape index (κ2) is 7.43. The lowest BCUT2D eigenvalue weighted by Gasteiger charge is -2.34. The fraction of sp³-hybridized carbons (Fsp3) is 0.333. The van der Waals surface area contributed by atoms with Gasteiger partial charge in [-0.05, 0) is 41.7 Å². The number of benzene rings is 1. The highest BCUT2D eigenvalue weighted by atomic mass is 16.2. The predicted octanol–water partition coefficient (Wildman–Crippen LogP) is 5.05. The van der Waals surface area contributed by atoms with Crippen molar-refractivity contribution in [3.8, 4) is 0 Å². The van der Waals surface area contributed by atoms with Crippen molar-refractivity contribution < 1.29 is 4.79 Å². The van der Waals surface area contributed by atoms with E-state index in [-0.39, 0.29) is 5.91 Å². The van der Waals surface area contributed by atoms with Crippen LogP contribution in [0.2, 0.25) is 0 Å². The minimum absolute atomic E-state index is 0.00200. The van der Waals surface area contributed by atoms with Crippen LogP contribution in [0.25, 0.3) is 5.57 Å². The number of pyridine rings is 1. The van der Waals surface area contributed by atoms with Crippen LogP contribution >= 0.6 is 0 Å². The van der Waals surface area contributed by atoms with Crippen molar-refractivity contribution in [2.24, 2.45) is 0 Å². The maximum atomic E-state index is 13.1. The van der Waals surface area contributed by atoms with Gasteiger partial charge in [-0.15, -0.1) is 0 Å². The van der Waals surface area contributed by atoms with E-state index in [1.165, 1.54) is 22.4 Å². The summed E-state index contributed by atoms with van der Waals surface area (Å²) in [5.74, 6) is 0.00200. The van der Waals surface area contributed by atoms with Gasteiger partial charge in [0.25, 0.3) is 5.91 Å². The number of nitrogens with zero attached hydrogens (tertiary/aromatic N) is 2. The second-order valence-electron chi connectivity index (χ2n) is 6.19. The Labute approximate surface area is 144 Å². The average molecular weight is 320 g/mol. The van der Waals surface area contributed by atoms with Gasteiger partial charge in [0, 0.05) is 11.9 Å². The third-order valence-electron chi connectivity index (χ3n) is 4.46. The number of aromatic nitrogens is 1. The lowest BCUT2D eigenvalue weighted by atomic mass is 9.89. The molecule has 0 atom stereocenters. The van der Waals surface area contributed by atoms with Crippen molar-refractivity contribution in [3.63, 3.8) is 0 Å². The maximum absolute atomic E-state index is 13.1. The highest BCUT2D eigenvalue weighted by Gasteiger charge is 2.28. The smallest absolute Gasteiger partial charge is 0.276 e. The summed E-state index contributed by atoms with van der Waals surface area (Å²) in [5.41, 5.74) is 5.55. The van der Waals surface area contributed by atoms with E-state index >= 15 is 0 Å². The van der Waals surface area contributed by atoms with Gasteiger partial charge in [0.15, 0.2) is 0 Å². The van der Waals surface area contributed by atoms with Crippen LogP contribution in [0.15, 0.2) is 54.4 Å².